The monoisotopic (exact) mass is 452 g/mol. The average molecular weight is 453 g/mol. The molecule has 3 aliphatic rings. The molecular formula is C26H32N2O5. The predicted molar refractivity (Wildman–Crippen MR) is 123 cm³/mol. The molecule has 1 fully saturated rings. The van der Waals surface area contributed by atoms with Gasteiger partial charge in [0.05, 0.1) is 11.8 Å². The van der Waals surface area contributed by atoms with Gasteiger partial charge < -0.3 is 9.64 Å². The first-order valence-corrected chi connectivity index (χ1v) is 11.8. The Kier molecular flexibility index (Phi) is 6.41. The Balaban J connectivity index is 1.51. The van der Waals surface area contributed by atoms with Crippen molar-refractivity contribution >= 4 is 29.4 Å². The molecular weight excluding hydrogens is 420 g/mol. The molecule has 7 nitrogen and oxygen atoms in total. The molecule has 1 aromatic carbocycles. The lowest BCUT2D eigenvalue weighted by Crippen LogP contribution is -2.49. The van der Waals surface area contributed by atoms with Crippen LogP contribution in [0.25, 0.3) is 0 Å². The first kappa shape index (κ1) is 23.2. The van der Waals surface area contributed by atoms with E-state index in [4.69, 9.17) is 4.74 Å². The third-order valence-electron chi connectivity index (χ3n) is 6.91. The number of carbonyl (C=O) groups is 4. The van der Waals surface area contributed by atoms with Gasteiger partial charge in [0.1, 0.15) is 6.04 Å². The predicted octanol–water partition coefficient (Wildman–Crippen LogP) is 3.26. The van der Waals surface area contributed by atoms with Crippen LogP contribution < -0.4 is 4.90 Å². The van der Waals surface area contributed by atoms with Gasteiger partial charge in [-0.2, -0.15) is 0 Å². The van der Waals surface area contributed by atoms with Crippen molar-refractivity contribution < 1.29 is 23.9 Å². The van der Waals surface area contributed by atoms with Crippen LogP contribution in [0.15, 0.2) is 36.4 Å². The lowest BCUT2D eigenvalue weighted by molar-refractivity contribution is -0.165. The van der Waals surface area contributed by atoms with Gasteiger partial charge in [-0.15, -0.1) is 0 Å². The number of likely N-dealkylation sites (tertiary alicyclic amines) is 1. The van der Waals surface area contributed by atoms with Gasteiger partial charge >= 0.3 is 5.97 Å². The van der Waals surface area contributed by atoms with Crippen LogP contribution in [0.5, 0.6) is 0 Å². The number of allylic oxidation sites excluding steroid dienone is 2. The van der Waals surface area contributed by atoms with Crippen molar-refractivity contribution in [2.75, 3.05) is 4.90 Å². The molecule has 0 unspecified atom stereocenters. The molecule has 0 spiro atoms. The van der Waals surface area contributed by atoms with Gasteiger partial charge in [-0.3, -0.25) is 19.3 Å². The van der Waals surface area contributed by atoms with E-state index < -0.39 is 30.0 Å². The second kappa shape index (κ2) is 9.12. The second-order valence-corrected chi connectivity index (χ2v) is 9.82. The highest BCUT2D eigenvalue weighted by Crippen LogP contribution is 2.37. The minimum atomic E-state index is -1.03. The largest absolute Gasteiger partial charge is 0.451 e. The molecule has 176 valence electrons. The Morgan fingerprint density at radius 3 is 2.24 bits per heavy atom. The lowest BCUT2D eigenvalue weighted by atomic mass is 9.85. The molecule has 0 aromatic heterocycles. The summed E-state index contributed by atoms with van der Waals surface area (Å²) in [5.74, 6) is -2.38. The summed E-state index contributed by atoms with van der Waals surface area (Å²) in [6.07, 6.45) is 4.87. The summed E-state index contributed by atoms with van der Waals surface area (Å²) < 4.78 is 5.62. The molecule has 2 aliphatic heterocycles. The summed E-state index contributed by atoms with van der Waals surface area (Å²) in [7, 11) is 0. The van der Waals surface area contributed by atoms with Crippen LogP contribution in [-0.2, 0) is 30.3 Å². The minimum absolute atomic E-state index is 0.0418. The smallest absolute Gasteiger partial charge is 0.330 e. The normalized spacial score (nSPS) is 25.8. The van der Waals surface area contributed by atoms with Gasteiger partial charge in [0.15, 0.2) is 6.10 Å². The molecule has 1 aromatic rings. The topological polar surface area (TPSA) is 84.0 Å². The maximum absolute atomic E-state index is 13.3. The van der Waals surface area contributed by atoms with Crippen molar-refractivity contribution in [2.24, 2.45) is 17.8 Å². The lowest BCUT2D eigenvalue weighted by Gasteiger charge is -2.29. The van der Waals surface area contributed by atoms with Crippen molar-refractivity contribution in [3.63, 3.8) is 0 Å². The van der Waals surface area contributed by atoms with Gasteiger partial charge in [-0.25, -0.2) is 4.79 Å². The number of anilines is 1. The minimum Gasteiger partial charge on any atom is -0.451 e. The van der Waals surface area contributed by atoms with Gasteiger partial charge in [0.25, 0.3) is 5.91 Å². The van der Waals surface area contributed by atoms with Crippen LogP contribution in [0.3, 0.4) is 0 Å². The summed E-state index contributed by atoms with van der Waals surface area (Å²) in [5, 5.41) is 0. The van der Waals surface area contributed by atoms with Gasteiger partial charge in [-0.05, 0) is 57.1 Å². The van der Waals surface area contributed by atoms with Crippen LogP contribution in [0, 0.1) is 17.8 Å². The highest BCUT2D eigenvalue weighted by molar-refractivity contribution is 6.08. The Labute approximate surface area is 194 Å². The van der Waals surface area contributed by atoms with Crippen LogP contribution >= 0.6 is 0 Å². The maximum Gasteiger partial charge on any atom is 0.330 e. The summed E-state index contributed by atoms with van der Waals surface area (Å²) in [6, 6.07) is 6.65. The molecule has 7 heteroatoms. The zero-order valence-corrected chi connectivity index (χ0v) is 19.7. The van der Waals surface area contributed by atoms with E-state index in [1.807, 2.05) is 57.2 Å². The summed E-state index contributed by atoms with van der Waals surface area (Å²) in [5.41, 5.74) is 1.91. The van der Waals surface area contributed by atoms with Gasteiger partial charge in [0.2, 0.25) is 11.8 Å². The number of hydrogen-bond donors (Lipinski definition) is 0. The number of rotatable bonds is 6. The number of ether oxygens (including phenoxy) is 1. The quantitative estimate of drug-likeness (QED) is 0.376. The fourth-order valence-corrected chi connectivity index (χ4v) is 5.29. The number of benzene rings is 1. The van der Waals surface area contributed by atoms with Gasteiger partial charge in [0, 0.05) is 11.7 Å². The number of para-hydroxylation sites is 1. The third kappa shape index (κ3) is 4.21. The van der Waals surface area contributed by atoms with Crippen LogP contribution in [-0.4, -0.2) is 46.8 Å². The molecule has 4 rings (SSSR count). The van der Waals surface area contributed by atoms with E-state index in [0.29, 0.717) is 19.3 Å². The van der Waals surface area contributed by atoms with Crippen molar-refractivity contribution in [2.45, 2.75) is 71.6 Å². The second-order valence-electron chi connectivity index (χ2n) is 9.82. The molecule has 2 heterocycles. The van der Waals surface area contributed by atoms with Gasteiger partial charge in [-0.1, -0.05) is 44.2 Å². The van der Waals surface area contributed by atoms with Crippen LogP contribution in [0.2, 0.25) is 0 Å². The standard InChI is InChI=1S/C26H32N2O5/c1-15(2)13-22(28-24(30)19-10-6-7-11-20(19)25(28)31)26(32)33-17(4)23(29)27-16(3)14-18-9-5-8-12-21(18)27/h5-9,12,15-17,19-20,22H,10-11,13-14H2,1-4H3/t16-,17-,19-,20+,22-/m1/s1. The van der Waals surface area contributed by atoms with E-state index in [-0.39, 0.29) is 29.7 Å². The number of hydrogen-bond acceptors (Lipinski definition) is 5. The van der Waals surface area contributed by atoms with Crippen molar-refractivity contribution in [1.29, 1.82) is 0 Å². The molecule has 0 N–H and O–H groups in total. The molecule has 0 bridgehead atoms. The Morgan fingerprint density at radius 1 is 1.03 bits per heavy atom. The Hall–Kier alpha value is -2.96. The number of imide groups is 1. The SMILES string of the molecule is CC(C)C[C@H](C(=O)O[C@H](C)C(=O)N1c2ccccc2C[C@H]1C)N1C(=O)[C@H]2CC=CC[C@H]2C1=O. The summed E-state index contributed by atoms with van der Waals surface area (Å²) >= 11 is 0. The zero-order chi connectivity index (χ0) is 23.9. The number of fused-ring (bicyclic) bond motifs is 2. The van der Waals surface area contributed by atoms with Crippen molar-refractivity contribution in [1.82, 2.24) is 4.90 Å². The Bertz CT molecular complexity index is 974. The zero-order valence-electron chi connectivity index (χ0n) is 19.7. The number of carbonyl (C=O) groups excluding carboxylic acids is 4. The molecule has 1 saturated heterocycles. The van der Waals surface area contributed by atoms with Crippen LogP contribution in [0.1, 0.15) is 52.5 Å². The number of nitrogens with zero attached hydrogens (tertiary/aromatic N) is 2. The van der Waals surface area contributed by atoms with Crippen LogP contribution in [0.4, 0.5) is 5.69 Å². The summed E-state index contributed by atoms with van der Waals surface area (Å²) in [4.78, 5) is 55.5. The van der Waals surface area contributed by atoms with E-state index in [1.54, 1.807) is 11.8 Å². The highest BCUT2D eigenvalue weighted by Gasteiger charge is 2.52. The van der Waals surface area contributed by atoms with E-state index >= 15 is 0 Å². The average Bonchev–Trinajstić information content (AvgIpc) is 3.24. The van der Waals surface area contributed by atoms with E-state index in [1.165, 1.54) is 0 Å². The molecule has 5 atom stereocenters. The van der Waals surface area contributed by atoms with E-state index in [0.717, 1.165) is 22.6 Å². The molecule has 0 radical (unpaired) electrons. The summed E-state index contributed by atoms with van der Waals surface area (Å²) in [6.45, 7) is 7.37. The van der Waals surface area contributed by atoms with Crippen molar-refractivity contribution in [3.05, 3.63) is 42.0 Å². The molecule has 33 heavy (non-hydrogen) atoms. The molecule has 3 amide bonds. The third-order valence-corrected chi connectivity index (χ3v) is 6.91. The van der Waals surface area contributed by atoms with E-state index in [9.17, 15) is 19.2 Å². The molecule has 1 aliphatic carbocycles. The Morgan fingerprint density at radius 2 is 1.64 bits per heavy atom. The number of esters is 1. The fourth-order valence-electron chi connectivity index (χ4n) is 5.29. The molecule has 0 saturated carbocycles. The first-order chi connectivity index (χ1) is 15.7. The highest BCUT2D eigenvalue weighted by atomic mass is 16.5. The maximum atomic E-state index is 13.3. The fraction of sp³-hybridized carbons (Fsp3) is 0.538. The number of amides is 3. The van der Waals surface area contributed by atoms with Crippen molar-refractivity contribution in [3.8, 4) is 0 Å². The first-order valence-electron chi connectivity index (χ1n) is 11.8. The van der Waals surface area contributed by atoms with E-state index in [2.05, 4.69) is 0 Å².